The highest BCUT2D eigenvalue weighted by molar-refractivity contribution is 5.74. The molecule has 1 atom stereocenters. The number of aromatic nitrogens is 2. The van der Waals surface area contributed by atoms with Crippen LogP contribution in [0.5, 0.6) is 0 Å². The van der Waals surface area contributed by atoms with Crippen LogP contribution in [0.3, 0.4) is 0 Å². The molecule has 2 N–H and O–H groups in total. The molecule has 1 aromatic carbocycles. The molecule has 0 bridgehead atoms. The van der Waals surface area contributed by atoms with Gasteiger partial charge in [0.15, 0.2) is 0 Å². The largest absolute Gasteiger partial charge is 0.380 e. The van der Waals surface area contributed by atoms with Crippen LogP contribution in [0.2, 0.25) is 0 Å². The van der Waals surface area contributed by atoms with Crippen LogP contribution in [0, 0.1) is 0 Å². The molecule has 1 aromatic heterocycles. The summed E-state index contributed by atoms with van der Waals surface area (Å²) in [4.78, 5) is 7.82. The van der Waals surface area contributed by atoms with Crippen LogP contribution in [0.25, 0.3) is 11.0 Å². The molecule has 2 heterocycles. The summed E-state index contributed by atoms with van der Waals surface area (Å²) in [6.07, 6.45) is 1.10. The van der Waals surface area contributed by atoms with Crippen molar-refractivity contribution >= 4 is 11.0 Å². The zero-order valence-electron chi connectivity index (χ0n) is 9.07. The third-order valence-electron chi connectivity index (χ3n) is 2.93. The van der Waals surface area contributed by atoms with Crippen molar-refractivity contribution in [2.45, 2.75) is 19.0 Å². The number of hydrogen-bond donors (Lipinski definition) is 2. The van der Waals surface area contributed by atoms with Gasteiger partial charge in [-0.1, -0.05) is 12.1 Å². The molecule has 0 spiro atoms. The molecule has 0 saturated carbocycles. The van der Waals surface area contributed by atoms with Crippen molar-refractivity contribution < 1.29 is 4.74 Å². The van der Waals surface area contributed by atoms with Gasteiger partial charge in [-0.05, 0) is 18.6 Å². The third-order valence-corrected chi connectivity index (χ3v) is 2.93. The Hall–Kier alpha value is -1.39. The molecule has 84 valence electrons. The first-order valence-electron chi connectivity index (χ1n) is 5.66. The fourth-order valence-electron chi connectivity index (χ4n) is 2.03. The molecule has 0 aliphatic carbocycles. The molecule has 0 amide bonds. The Morgan fingerprint density at radius 1 is 1.44 bits per heavy atom. The monoisotopic (exact) mass is 217 g/mol. The predicted molar refractivity (Wildman–Crippen MR) is 62.2 cm³/mol. The molecule has 1 aliphatic rings. The molecule has 4 nitrogen and oxygen atoms in total. The van der Waals surface area contributed by atoms with E-state index in [4.69, 9.17) is 4.74 Å². The number of imidazole rings is 1. The van der Waals surface area contributed by atoms with E-state index >= 15 is 0 Å². The summed E-state index contributed by atoms with van der Waals surface area (Å²) in [5.74, 6) is 0.994. The number of nitrogens with zero attached hydrogens (tertiary/aromatic N) is 1. The normalized spacial score (nSPS) is 20.6. The lowest BCUT2D eigenvalue weighted by Crippen LogP contribution is -2.28. The van der Waals surface area contributed by atoms with E-state index in [9.17, 15) is 0 Å². The lowest BCUT2D eigenvalue weighted by atomic mass is 10.2. The summed E-state index contributed by atoms with van der Waals surface area (Å²) in [5.41, 5.74) is 2.13. The van der Waals surface area contributed by atoms with E-state index in [1.807, 2.05) is 24.3 Å². The van der Waals surface area contributed by atoms with E-state index < -0.39 is 0 Å². The molecule has 4 heteroatoms. The van der Waals surface area contributed by atoms with Crippen molar-refractivity contribution in [3.05, 3.63) is 30.1 Å². The molecule has 0 radical (unpaired) electrons. The average Bonchev–Trinajstić information content (AvgIpc) is 2.95. The summed E-state index contributed by atoms with van der Waals surface area (Å²) in [6.45, 7) is 2.47. The second-order valence-electron chi connectivity index (χ2n) is 4.14. The number of ether oxygens (including phenoxy) is 1. The molecule has 1 aliphatic heterocycles. The number of fused-ring (bicyclic) bond motifs is 1. The van der Waals surface area contributed by atoms with Crippen molar-refractivity contribution in [2.24, 2.45) is 0 Å². The number of para-hydroxylation sites is 2. The van der Waals surface area contributed by atoms with E-state index in [1.165, 1.54) is 0 Å². The van der Waals surface area contributed by atoms with Gasteiger partial charge in [0.25, 0.3) is 0 Å². The van der Waals surface area contributed by atoms with E-state index in [0.717, 1.165) is 43.0 Å². The summed E-state index contributed by atoms with van der Waals surface area (Å²) in [5, 5.41) is 3.44. The van der Waals surface area contributed by atoms with Crippen LogP contribution in [0.1, 0.15) is 12.2 Å². The minimum Gasteiger partial charge on any atom is -0.380 e. The van der Waals surface area contributed by atoms with Crippen molar-refractivity contribution in [1.29, 1.82) is 0 Å². The topological polar surface area (TPSA) is 49.9 Å². The van der Waals surface area contributed by atoms with Crippen LogP contribution in [-0.2, 0) is 11.3 Å². The number of benzene rings is 1. The summed E-state index contributed by atoms with van der Waals surface area (Å²) < 4.78 is 5.31. The molecule has 2 aromatic rings. The number of nitrogens with one attached hydrogen (secondary N) is 2. The van der Waals surface area contributed by atoms with E-state index in [-0.39, 0.29) is 0 Å². The standard InChI is InChI=1S/C12H15N3O/c1-2-4-11-10(3-1)14-12(15-11)7-13-9-5-6-16-8-9/h1-4,9,13H,5-8H2,(H,14,15). The van der Waals surface area contributed by atoms with Crippen molar-refractivity contribution in [3.8, 4) is 0 Å². The average molecular weight is 217 g/mol. The van der Waals surface area contributed by atoms with Gasteiger partial charge in [-0.25, -0.2) is 4.98 Å². The quantitative estimate of drug-likeness (QED) is 0.818. The van der Waals surface area contributed by atoms with Crippen LogP contribution in [-0.4, -0.2) is 29.2 Å². The number of aromatic amines is 1. The van der Waals surface area contributed by atoms with Gasteiger partial charge in [0.05, 0.1) is 24.2 Å². The van der Waals surface area contributed by atoms with Crippen molar-refractivity contribution in [3.63, 3.8) is 0 Å². The Labute approximate surface area is 94.0 Å². The first-order valence-corrected chi connectivity index (χ1v) is 5.66. The lowest BCUT2D eigenvalue weighted by Gasteiger charge is -2.07. The second kappa shape index (κ2) is 4.23. The Bertz CT molecular complexity index is 441. The van der Waals surface area contributed by atoms with Gasteiger partial charge in [0.1, 0.15) is 5.82 Å². The smallest absolute Gasteiger partial charge is 0.121 e. The number of rotatable bonds is 3. The number of hydrogen-bond acceptors (Lipinski definition) is 3. The van der Waals surface area contributed by atoms with Crippen LogP contribution >= 0.6 is 0 Å². The highest BCUT2D eigenvalue weighted by Gasteiger charge is 2.14. The highest BCUT2D eigenvalue weighted by Crippen LogP contribution is 2.10. The predicted octanol–water partition coefficient (Wildman–Crippen LogP) is 1.44. The van der Waals surface area contributed by atoms with Crippen LogP contribution in [0.4, 0.5) is 0 Å². The Morgan fingerprint density at radius 3 is 3.19 bits per heavy atom. The number of H-pyrrole nitrogens is 1. The van der Waals surface area contributed by atoms with Gasteiger partial charge in [-0.3, -0.25) is 0 Å². The Morgan fingerprint density at radius 2 is 2.38 bits per heavy atom. The fraction of sp³-hybridized carbons (Fsp3) is 0.417. The van der Waals surface area contributed by atoms with Gasteiger partial charge < -0.3 is 15.0 Å². The van der Waals surface area contributed by atoms with Gasteiger partial charge >= 0.3 is 0 Å². The molecule has 1 saturated heterocycles. The molecular weight excluding hydrogens is 202 g/mol. The fourth-order valence-corrected chi connectivity index (χ4v) is 2.03. The van der Waals surface area contributed by atoms with Crippen molar-refractivity contribution in [2.75, 3.05) is 13.2 Å². The third kappa shape index (κ3) is 1.94. The molecule has 16 heavy (non-hydrogen) atoms. The van der Waals surface area contributed by atoms with Crippen molar-refractivity contribution in [1.82, 2.24) is 15.3 Å². The maximum Gasteiger partial charge on any atom is 0.121 e. The summed E-state index contributed by atoms with van der Waals surface area (Å²) >= 11 is 0. The zero-order chi connectivity index (χ0) is 10.8. The van der Waals surface area contributed by atoms with Gasteiger partial charge in [-0.2, -0.15) is 0 Å². The summed E-state index contributed by atoms with van der Waals surface area (Å²) in [7, 11) is 0. The Balaban J connectivity index is 1.69. The van der Waals surface area contributed by atoms with E-state index in [1.54, 1.807) is 0 Å². The second-order valence-corrected chi connectivity index (χ2v) is 4.14. The summed E-state index contributed by atoms with van der Waals surface area (Å²) in [6, 6.07) is 8.57. The molecule has 1 unspecified atom stereocenters. The molecule has 3 rings (SSSR count). The van der Waals surface area contributed by atoms with Gasteiger partial charge in [0, 0.05) is 12.6 Å². The zero-order valence-corrected chi connectivity index (χ0v) is 9.07. The first-order chi connectivity index (χ1) is 7.92. The van der Waals surface area contributed by atoms with Crippen LogP contribution in [0.15, 0.2) is 24.3 Å². The highest BCUT2D eigenvalue weighted by atomic mass is 16.5. The lowest BCUT2D eigenvalue weighted by molar-refractivity contribution is 0.189. The van der Waals surface area contributed by atoms with E-state index in [2.05, 4.69) is 15.3 Å². The Kier molecular flexibility index (Phi) is 2.60. The SMILES string of the molecule is c1ccc2[nH]c(CNC3CCOC3)nc2c1. The maximum atomic E-state index is 5.31. The minimum atomic E-state index is 0.480. The minimum absolute atomic E-state index is 0.480. The van der Waals surface area contributed by atoms with Gasteiger partial charge in [-0.15, -0.1) is 0 Å². The van der Waals surface area contributed by atoms with Crippen LogP contribution < -0.4 is 5.32 Å². The first kappa shape index (κ1) is 9.81. The van der Waals surface area contributed by atoms with Gasteiger partial charge in [0.2, 0.25) is 0 Å². The van der Waals surface area contributed by atoms with E-state index in [0.29, 0.717) is 6.04 Å². The maximum absolute atomic E-state index is 5.31. The molecular formula is C12H15N3O. The molecule has 1 fully saturated rings.